The number of benzene rings is 2. The van der Waals surface area contributed by atoms with Gasteiger partial charge >= 0.3 is 0 Å². The maximum Gasteiger partial charge on any atom is 0.258 e. The zero-order valence-corrected chi connectivity index (χ0v) is 15.4. The molecule has 0 aliphatic carbocycles. The van der Waals surface area contributed by atoms with Gasteiger partial charge in [0.25, 0.3) is 5.91 Å². The first-order valence-corrected chi connectivity index (χ1v) is 9.02. The number of carbonyl (C=O) groups excluding carboxylic acids is 2. The molecule has 2 aromatic carbocycles. The fourth-order valence-electron chi connectivity index (χ4n) is 2.94. The average molecular weight is 368 g/mol. The van der Waals surface area contributed by atoms with Crippen molar-refractivity contribution in [2.75, 3.05) is 32.8 Å². The van der Waals surface area contributed by atoms with Crippen LogP contribution in [0.25, 0.3) is 0 Å². The standard InChI is InChI=1S/C21H24N2O4/c1-16-6-5-9-18(12-16)27-15-20(24)22-13-21(25)23-10-11-26-19(14-23)17-7-3-2-4-8-17/h2-9,12,19H,10-11,13-15H2,1H3,(H,22,24)/t19-/m1/s1. The van der Waals surface area contributed by atoms with Crippen molar-refractivity contribution in [3.8, 4) is 5.75 Å². The Morgan fingerprint density at radius 2 is 2.00 bits per heavy atom. The molecule has 0 radical (unpaired) electrons. The second kappa shape index (κ2) is 9.19. The molecule has 27 heavy (non-hydrogen) atoms. The van der Waals surface area contributed by atoms with Crippen LogP contribution < -0.4 is 10.1 Å². The number of hydrogen-bond donors (Lipinski definition) is 1. The van der Waals surface area contributed by atoms with E-state index in [1.807, 2.05) is 55.5 Å². The van der Waals surface area contributed by atoms with E-state index in [2.05, 4.69) is 5.32 Å². The van der Waals surface area contributed by atoms with Gasteiger partial charge in [-0.2, -0.15) is 0 Å². The predicted molar refractivity (Wildman–Crippen MR) is 101 cm³/mol. The summed E-state index contributed by atoms with van der Waals surface area (Å²) in [6, 6.07) is 17.3. The van der Waals surface area contributed by atoms with Crippen molar-refractivity contribution in [3.63, 3.8) is 0 Å². The summed E-state index contributed by atoms with van der Waals surface area (Å²) < 4.78 is 11.2. The first kappa shape index (κ1) is 18.9. The van der Waals surface area contributed by atoms with Crippen molar-refractivity contribution in [1.82, 2.24) is 10.2 Å². The minimum absolute atomic E-state index is 0.0441. The van der Waals surface area contributed by atoms with E-state index < -0.39 is 0 Å². The number of hydrogen-bond acceptors (Lipinski definition) is 4. The van der Waals surface area contributed by atoms with Gasteiger partial charge in [-0.15, -0.1) is 0 Å². The number of aryl methyl sites for hydroxylation is 1. The Labute approximate surface area is 159 Å². The predicted octanol–water partition coefficient (Wildman–Crippen LogP) is 2.09. The van der Waals surface area contributed by atoms with Gasteiger partial charge in [0.2, 0.25) is 5.91 Å². The van der Waals surface area contributed by atoms with E-state index in [0.717, 1.165) is 11.1 Å². The van der Waals surface area contributed by atoms with Gasteiger partial charge in [-0.25, -0.2) is 0 Å². The maximum absolute atomic E-state index is 12.4. The number of ether oxygens (including phenoxy) is 2. The van der Waals surface area contributed by atoms with Crippen molar-refractivity contribution in [2.24, 2.45) is 0 Å². The second-order valence-electron chi connectivity index (χ2n) is 6.49. The molecule has 0 bridgehead atoms. The lowest BCUT2D eigenvalue weighted by Gasteiger charge is -2.33. The summed E-state index contributed by atoms with van der Waals surface area (Å²) >= 11 is 0. The fourth-order valence-corrected chi connectivity index (χ4v) is 2.94. The average Bonchev–Trinajstić information content (AvgIpc) is 2.71. The van der Waals surface area contributed by atoms with Gasteiger partial charge in [-0.05, 0) is 30.2 Å². The van der Waals surface area contributed by atoms with Crippen molar-refractivity contribution >= 4 is 11.8 Å². The first-order chi connectivity index (χ1) is 13.1. The molecule has 1 fully saturated rings. The van der Waals surface area contributed by atoms with Crippen LogP contribution in [0.15, 0.2) is 54.6 Å². The van der Waals surface area contributed by atoms with Crippen molar-refractivity contribution in [1.29, 1.82) is 0 Å². The zero-order chi connectivity index (χ0) is 19.1. The maximum atomic E-state index is 12.4. The molecule has 142 valence electrons. The number of rotatable bonds is 6. The Hall–Kier alpha value is -2.86. The van der Waals surface area contributed by atoms with E-state index >= 15 is 0 Å². The Balaban J connectivity index is 1.43. The number of nitrogens with zero attached hydrogens (tertiary/aromatic N) is 1. The summed E-state index contributed by atoms with van der Waals surface area (Å²) in [7, 11) is 0. The molecule has 3 rings (SSSR count). The van der Waals surface area contributed by atoms with Crippen LogP contribution in [-0.4, -0.2) is 49.6 Å². The van der Waals surface area contributed by atoms with Gasteiger partial charge < -0.3 is 19.7 Å². The third-order valence-corrected chi connectivity index (χ3v) is 4.39. The number of carbonyl (C=O) groups is 2. The highest BCUT2D eigenvalue weighted by Gasteiger charge is 2.25. The molecule has 1 aliphatic heterocycles. The van der Waals surface area contributed by atoms with Crippen molar-refractivity contribution in [3.05, 3.63) is 65.7 Å². The summed E-state index contributed by atoms with van der Waals surface area (Å²) in [6.45, 7) is 3.28. The monoisotopic (exact) mass is 368 g/mol. The molecule has 2 aromatic rings. The second-order valence-corrected chi connectivity index (χ2v) is 6.49. The van der Waals surface area contributed by atoms with Crippen LogP contribution in [0.2, 0.25) is 0 Å². The summed E-state index contributed by atoms with van der Waals surface area (Å²) in [5, 5.41) is 2.62. The van der Waals surface area contributed by atoms with Crippen LogP contribution in [0.5, 0.6) is 5.75 Å². The molecule has 2 amide bonds. The van der Waals surface area contributed by atoms with Gasteiger partial charge in [-0.3, -0.25) is 9.59 Å². The van der Waals surface area contributed by atoms with E-state index in [4.69, 9.17) is 9.47 Å². The van der Waals surface area contributed by atoms with Gasteiger partial charge in [0.05, 0.1) is 19.7 Å². The number of morpholine rings is 1. The molecule has 6 nitrogen and oxygen atoms in total. The highest BCUT2D eigenvalue weighted by atomic mass is 16.5. The topological polar surface area (TPSA) is 67.9 Å². The summed E-state index contributed by atoms with van der Waals surface area (Å²) in [5.74, 6) is 0.191. The molecule has 1 aliphatic rings. The first-order valence-electron chi connectivity index (χ1n) is 9.02. The van der Waals surface area contributed by atoms with Crippen LogP contribution in [0.1, 0.15) is 17.2 Å². The minimum atomic E-state index is -0.322. The Morgan fingerprint density at radius 1 is 1.19 bits per heavy atom. The van der Waals surface area contributed by atoms with Crippen molar-refractivity contribution in [2.45, 2.75) is 13.0 Å². The molecule has 1 heterocycles. The molecule has 1 atom stereocenters. The third-order valence-electron chi connectivity index (χ3n) is 4.39. The lowest BCUT2D eigenvalue weighted by Crippen LogP contribution is -2.47. The lowest BCUT2D eigenvalue weighted by molar-refractivity contribution is -0.139. The van der Waals surface area contributed by atoms with E-state index in [0.29, 0.717) is 25.4 Å². The van der Waals surface area contributed by atoms with Gasteiger partial charge in [0, 0.05) is 6.54 Å². The largest absolute Gasteiger partial charge is 0.484 e. The summed E-state index contributed by atoms with van der Waals surface area (Å²) in [6.07, 6.45) is -0.135. The molecule has 0 unspecified atom stereocenters. The number of nitrogens with one attached hydrogen (secondary N) is 1. The molecule has 1 N–H and O–H groups in total. The van der Waals surface area contributed by atoms with Crippen LogP contribution in [0.3, 0.4) is 0 Å². The molecular weight excluding hydrogens is 344 g/mol. The van der Waals surface area contributed by atoms with E-state index in [-0.39, 0.29) is 31.1 Å². The molecule has 0 saturated carbocycles. The Kier molecular flexibility index (Phi) is 6.44. The van der Waals surface area contributed by atoms with Gasteiger partial charge in [-0.1, -0.05) is 42.5 Å². The highest BCUT2D eigenvalue weighted by molar-refractivity contribution is 5.85. The zero-order valence-electron chi connectivity index (χ0n) is 15.4. The van der Waals surface area contributed by atoms with Gasteiger partial charge in [0.1, 0.15) is 11.9 Å². The van der Waals surface area contributed by atoms with E-state index in [1.165, 1.54) is 0 Å². The smallest absolute Gasteiger partial charge is 0.258 e. The fraction of sp³-hybridized carbons (Fsp3) is 0.333. The summed E-state index contributed by atoms with van der Waals surface area (Å²) in [4.78, 5) is 26.1. The quantitative estimate of drug-likeness (QED) is 0.848. The molecular formula is C21H24N2O4. The Morgan fingerprint density at radius 3 is 2.78 bits per heavy atom. The number of amides is 2. The third kappa shape index (κ3) is 5.56. The highest BCUT2D eigenvalue weighted by Crippen LogP contribution is 2.21. The van der Waals surface area contributed by atoms with Crippen LogP contribution in [0.4, 0.5) is 0 Å². The molecule has 0 aromatic heterocycles. The van der Waals surface area contributed by atoms with E-state index in [9.17, 15) is 9.59 Å². The molecule has 0 spiro atoms. The Bertz CT molecular complexity index is 779. The van der Waals surface area contributed by atoms with Crippen LogP contribution in [0, 0.1) is 6.92 Å². The molecule has 6 heteroatoms. The van der Waals surface area contributed by atoms with Crippen LogP contribution >= 0.6 is 0 Å². The van der Waals surface area contributed by atoms with Crippen molar-refractivity contribution < 1.29 is 19.1 Å². The normalized spacial score (nSPS) is 16.6. The SMILES string of the molecule is Cc1cccc(OCC(=O)NCC(=O)N2CCO[C@@H](c3ccccc3)C2)c1. The van der Waals surface area contributed by atoms with Crippen LogP contribution in [-0.2, 0) is 14.3 Å². The lowest BCUT2D eigenvalue weighted by atomic mass is 10.1. The van der Waals surface area contributed by atoms with Gasteiger partial charge in [0.15, 0.2) is 6.61 Å². The van der Waals surface area contributed by atoms with E-state index in [1.54, 1.807) is 11.0 Å². The molecule has 1 saturated heterocycles. The minimum Gasteiger partial charge on any atom is -0.484 e. The summed E-state index contributed by atoms with van der Waals surface area (Å²) in [5.41, 5.74) is 2.11.